The third-order valence-corrected chi connectivity index (χ3v) is 3.37. The molecule has 1 unspecified atom stereocenters. The summed E-state index contributed by atoms with van der Waals surface area (Å²) in [7, 11) is 1.50. The summed E-state index contributed by atoms with van der Waals surface area (Å²) in [6.45, 7) is 1.31. The highest BCUT2D eigenvalue weighted by molar-refractivity contribution is 5.92. The van der Waals surface area contributed by atoms with Crippen molar-refractivity contribution in [1.82, 2.24) is 0 Å². The number of benzene rings is 1. The van der Waals surface area contributed by atoms with Crippen molar-refractivity contribution in [3.63, 3.8) is 0 Å². The lowest BCUT2D eigenvalue weighted by molar-refractivity contribution is 0.0689. The fourth-order valence-corrected chi connectivity index (χ4v) is 2.35. The van der Waals surface area contributed by atoms with Crippen molar-refractivity contribution in [3.05, 3.63) is 23.8 Å². The molecule has 1 heterocycles. The van der Waals surface area contributed by atoms with Gasteiger partial charge >= 0.3 is 5.97 Å². The molecule has 1 fully saturated rings. The molecule has 1 N–H and O–H groups in total. The molecule has 1 atom stereocenters. The van der Waals surface area contributed by atoms with E-state index in [4.69, 9.17) is 19.3 Å². The number of rotatable bonds is 7. The van der Waals surface area contributed by atoms with Crippen LogP contribution in [0.25, 0.3) is 0 Å². The van der Waals surface area contributed by atoms with E-state index < -0.39 is 5.97 Å². The first-order chi connectivity index (χ1) is 9.72. The molecule has 110 valence electrons. The van der Waals surface area contributed by atoms with E-state index in [1.54, 1.807) is 12.1 Å². The van der Waals surface area contributed by atoms with Gasteiger partial charge in [-0.15, -0.1) is 0 Å². The van der Waals surface area contributed by atoms with Crippen LogP contribution in [0.4, 0.5) is 0 Å². The lowest BCUT2D eigenvalue weighted by Gasteiger charge is -2.14. The minimum Gasteiger partial charge on any atom is -0.493 e. The average molecular weight is 280 g/mol. The number of carboxylic acid groups (broad SMARTS) is 1. The van der Waals surface area contributed by atoms with Crippen molar-refractivity contribution in [2.45, 2.75) is 31.8 Å². The SMILES string of the molecule is COc1cccc(C(=O)O)c1OCCCC1CCCO1. The zero-order valence-corrected chi connectivity index (χ0v) is 11.6. The second-order valence-corrected chi connectivity index (χ2v) is 4.77. The molecule has 0 amide bonds. The molecular formula is C15H20O5. The van der Waals surface area contributed by atoms with E-state index in [1.165, 1.54) is 13.2 Å². The van der Waals surface area contributed by atoms with Gasteiger partial charge in [-0.1, -0.05) is 6.07 Å². The van der Waals surface area contributed by atoms with Gasteiger partial charge in [0.1, 0.15) is 5.56 Å². The first-order valence-corrected chi connectivity index (χ1v) is 6.87. The van der Waals surface area contributed by atoms with E-state index in [0.29, 0.717) is 24.2 Å². The van der Waals surface area contributed by atoms with Crippen LogP contribution >= 0.6 is 0 Å². The number of aromatic carboxylic acids is 1. The summed E-state index contributed by atoms with van der Waals surface area (Å²) in [5.41, 5.74) is 0.126. The summed E-state index contributed by atoms with van der Waals surface area (Å²) >= 11 is 0. The topological polar surface area (TPSA) is 65.0 Å². The summed E-state index contributed by atoms with van der Waals surface area (Å²) in [5, 5.41) is 9.16. The molecule has 20 heavy (non-hydrogen) atoms. The normalized spacial score (nSPS) is 17.9. The standard InChI is InChI=1S/C15H20O5/c1-18-13-8-2-7-12(15(16)17)14(13)20-10-4-6-11-5-3-9-19-11/h2,7-8,11H,3-6,9-10H2,1H3,(H,16,17). The smallest absolute Gasteiger partial charge is 0.339 e. The predicted molar refractivity (Wildman–Crippen MR) is 73.7 cm³/mol. The number of ether oxygens (including phenoxy) is 3. The molecule has 0 bridgehead atoms. The highest BCUT2D eigenvalue weighted by atomic mass is 16.5. The second kappa shape index (κ2) is 7.14. The molecule has 1 aliphatic heterocycles. The Hall–Kier alpha value is -1.75. The van der Waals surface area contributed by atoms with Gasteiger partial charge in [0.25, 0.3) is 0 Å². The Kier molecular flexibility index (Phi) is 5.24. The van der Waals surface area contributed by atoms with Crippen molar-refractivity contribution >= 4 is 5.97 Å². The van der Waals surface area contributed by atoms with Crippen molar-refractivity contribution < 1.29 is 24.1 Å². The molecule has 1 saturated heterocycles. The molecule has 1 aromatic carbocycles. The molecule has 0 aliphatic carbocycles. The quantitative estimate of drug-likeness (QED) is 0.778. The van der Waals surface area contributed by atoms with Gasteiger partial charge < -0.3 is 19.3 Å². The Balaban J connectivity index is 1.91. The molecule has 5 heteroatoms. The Labute approximate surface area is 118 Å². The first kappa shape index (κ1) is 14.7. The molecule has 2 rings (SSSR count). The Morgan fingerprint density at radius 1 is 1.50 bits per heavy atom. The van der Waals surface area contributed by atoms with Crippen LogP contribution in [0.3, 0.4) is 0 Å². The van der Waals surface area contributed by atoms with E-state index >= 15 is 0 Å². The van der Waals surface area contributed by atoms with E-state index in [1.807, 2.05) is 0 Å². The van der Waals surface area contributed by atoms with Crippen molar-refractivity contribution in [2.75, 3.05) is 20.3 Å². The van der Waals surface area contributed by atoms with Gasteiger partial charge in [-0.2, -0.15) is 0 Å². The predicted octanol–water partition coefficient (Wildman–Crippen LogP) is 2.73. The molecule has 5 nitrogen and oxygen atoms in total. The highest BCUT2D eigenvalue weighted by Gasteiger charge is 2.17. The summed E-state index contributed by atoms with van der Waals surface area (Å²) in [6.07, 6.45) is 4.34. The van der Waals surface area contributed by atoms with E-state index in [-0.39, 0.29) is 5.56 Å². The van der Waals surface area contributed by atoms with Gasteiger partial charge in [0.15, 0.2) is 11.5 Å². The van der Waals surface area contributed by atoms with E-state index in [2.05, 4.69) is 0 Å². The lowest BCUT2D eigenvalue weighted by Crippen LogP contribution is -2.10. The number of hydrogen-bond donors (Lipinski definition) is 1. The minimum atomic E-state index is -1.02. The van der Waals surface area contributed by atoms with Gasteiger partial charge in [0.05, 0.1) is 19.8 Å². The van der Waals surface area contributed by atoms with Crippen LogP contribution in [0.1, 0.15) is 36.0 Å². The van der Waals surface area contributed by atoms with Crippen LogP contribution in [0.2, 0.25) is 0 Å². The molecule has 0 spiro atoms. The second-order valence-electron chi connectivity index (χ2n) is 4.77. The fraction of sp³-hybridized carbons (Fsp3) is 0.533. The molecule has 0 radical (unpaired) electrons. The van der Waals surface area contributed by atoms with Crippen LogP contribution < -0.4 is 9.47 Å². The monoisotopic (exact) mass is 280 g/mol. The zero-order valence-electron chi connectivity index (χ0n) is 11.6. The molecule has 0 saturated carbocycles. The van der Waals surface area contributed by atoms with Crippen molar-refractivity contribution in [3.8, 4) is 11.5 Å². The molecule has 1 aliphatic rings. The minimum absolute atomic E-state index is 0.126. The number of hydrogen-bond acceptors (Lipinski definition) is 4. The largest absolute Gasteiger partial charge is 0.493 e. The number of methoxy groups -OCH3 is 1. The summed E-state index contributed by atoms with van der Waals surface area (Å²) in [6, 6.07) is 4.85. The number of para-hydroxylation sites is 1. The maximum Gasteiger partial charge on any atom is 0.339 e. The number of carboxylic acids is 1. The maximum absolute atomic E-state index is 11.2. The van der Waals surface area contributed by atoms with Crippen molar-refractivity contribution in [2.24, 2.45) is 0 Å². The molecule has 1 aromatic rings. The Morgan fingerprint density at radius 2 is 2.35 bits per heavy atom. The van der Waals surface area contributed by atoms with Crippen molar-refractivity contribution in [1.29, 1.82) is 0 Å². The van der Waals surface area contributed by atoms with Crippen LogP contribution in [-0.4, -0.2) is 37.5 Å². The lowest BCUT2D eigenvalue weighted by atomic mass is 10.1. The Bertz CT molecular complexity index is 452. The van der Waals surface area contributed by atoms with Gasteiger partial charge in [0, 0.05) is 6.61 Å². The third-order valence-electron chi connectivity index (χ3n) is 3.37. The molecular weight excluding hydrogens is 260 g/mol. The average Bonchev–Trinajstić information content (AvgIpc) is 2.96. The fourth-order valence-electron chi connectivity index (χ4n) is 2.35. The van der Waals surface area contributed by atoms with E-state index in [0.717, 1.165) is 32.3 Å². The van der Waals surface area contributed by atoms with Crippen LogP contribution in [-0.2, 0) is 4.74 Å². The van der Waals surface area contributed by atoms with Gasteiger partial charge in [-0.05, 0) is 37.8 Å². The highest BCUT2D eigenvalue weighted by Crippen LogP contribution is 2.31. The third kappa shape index (κ3) is 3.63. The van der Waals surface area contributed by atoms with Crippen LogP contribution in [0, 0.1) is 0 Å². The summed E-state index contributed by atoms with van der Waals surface area (Å²) < 4.78 is 16.3. The van der Waals surface area contributed by atoms with E-state index in [9.17, 15) is 4.79 Å². The van der Waals surface area contributed by atoms with Gasteiger partial charge in [-0.3, -0.25) is 0 Å². The Morgan fingerprint density at radius 3 is 3.00 bits per heavy atom. The first-order valence-electron chi connectivity index (χ1n) is 6.87. The van der Waals surface area contributed by atoms with Crippen LogP contribution in [0.15, 0.2) is 18.2 Å². The molecule has 0 aromatic heterocycles. The summed E-state index contributed by atoms with van der Waals surface area (Å²) in [4.78, 5) is 11.2. The van der Waals surface area contributed by atoms with Gasteiger partial charge in [0.2, 0.25) is 0 Å². The summed E-state index contributed by atoms with van der Waals surface area (Å²) in [5.74, 6) is -0.269. The van der Waals surface area contributed by atoms with Gasteiger partial charge in [-0.25, -0.2) is 4.79 Å². The maximum atomic E-state index is 11.2. The number of carbonyl (C=O) groups is 1. The zero-order chi connectivity index (χ0) is 14.4. The van der Waals surface area contributed by atoms with Crippen LogP contribution in [0.5, 0.6) is 11.5 Å².